The van der Waals surface area contributed by atoms with Crippen molar-refractivity contribution in [2.75, 3.05) is 0 Å². The molecule has 0 aliphatic rings. The predicted octanol–water partition coefficient (Wildman–Crippen LogP) is 5.50. The van der Waals surface area contributed by atoms with E-state index in [1.165, 1.54) is 15.6 Å². The molecule has 0 unspecified atom stereocenters. The molecular weight excluding hydrogens is 586 g/mol. The maximum absolute atomic E-state index is 7.51. The molecule has 6 nitrogen and oxygen atoms in total. The number of hydrogen-bond acceptors (Lipinski definition) is 4. The topological polar surface area (TPSA) is 57.8 Å². The highest BCUT2D eigenvalue weighted by Crippen LogP contribution is 2.29. The van der Waals surface area contributed by atoms with Gasteiger partial charge in [0.25, 0.3) is 8.32 Å². The van der Waals surface area contributed by atoms with E-state index in [0.29, 0.717) is 0 Å². The molecule has 0 saturated heterocycles. The summed E-state index contributed by atoms with van der Waals surface area (Å²) >= 11 is -0.785. The van der Waals surface area contributed by atoms with Crippen molar-refractivity contribution in [3.05, 3.63) is 164 Å². The van der Waals surface area contributed by atoms with E-state index < -0.39 is 24.1 Å². The number of aromatic nitrogens is 5. The summed E-state index contributed by atoms with van der Waals surface area (Å²) in [7, 11) is -2.95. The monoisotopic (exact) mass is 612 g/mol. The van der Waals surface area contributed by atoms with E-state index in [-0.39, 0.29) is 0 Å². The Kier molecular flexibility index (Phi) is 7.18. The Morgan fingerprint density at radius 1 is 0.511 bits per heavy atom. The molecule has 0 amide bonds. The van der Waals surface area contributed by atoms with E-state index in [9.17, 15) is 0 Å². The molecule has 213 valence electrons. The highest BCUT2D eigenvalue weighted by Gasteiger charge is 2.42. The first kappa shape index (κ1) is 27.4. The van der Waals surface area contributed by atoms with Crippen LogP contribution in [0.25, 0.3) is 39.5 Å². The van der Waals surface area contributed by atoms with Gasteiger partial charge in [0, 0.05) is 17.4 Å². The van der Waals surface area contributed by atoms with Crippen molar-refractivity contribution in [1.82, 2.24) is 23.1 Å². The van der Waals surface area contributed by atoms with Crippen molar-refractivity contribution in [3.8, 4) is 17.3 Å². The van der Waals surface area contributed by atoms with Crippen LogP contribution in [0.4, 0.5) is 0 Å². The molecule has 8 heteroatoms. The van der Waals surface area contributed by atoms with Crippen LogP contribution in [0.3, 0.4) is 0 Å². The zero-order valence-corrected chi connectivity index (χ0v) is 26.5. The highest BCUT2D eigenvalue weighted by molar-refractivity contribution is 7.08. The Labute approximate surface area is 268 Å². The first-order valence-electron chi connectivity index (χ1n) is 14.9. The van der Waals surface area contributed by atoms with Crippen LogP contribution >= 0.6 is 0 Å². The number of hydrogen-bond donors (Lipinski definition) is 0. The second kappa shape index (κ2) is 11.8. The second-order valence-corrected chi connectivity index (χ2v) is 15.5. The molecule has 0 bridgehead atoms. The molecule has 0 fully saturated rings. The normalized spacial score (nSPS) is 11.6. The molecule has 1 radical (unpaired) electrons. The first-order valence-corrected chi connectivity index (χ1v) is 17.8. The van der Waals surface area contributed by atoms with Crippen LogP contribution in [0.2, 0.25) is 0 Å². The molecule has 0 aliphatic heterocycles. The number of imidazole rings is 2. The quantitative estimate of drug-likeness (QED) is 0.168. The molecule has 0 aliphatic carbocycles. The van der Waals surface area contributed by atoms with Crippen LogP contribution in [-0.4, -0.2) is 47.2 Å². The van der Waals surface area contributed by atoms with Gasteiger partial charge in [0.15, 0.2) is 17.3 Å². The van der Waals surface area contributed by atoms with Crippen molar-refractivity contribution in [2.24, 2.45) is 0 Å². The molecule has 8 aromatic rings. The van der Waals surface area contributed by atoms with Gasteiger partial charge in [-0.1, -0.05) is 121 Å². The molecule has 0 atom stereocenters. The Balaban J connectivity index is 1.35. The third kappa shape index (κ3) is 4.81. The molecule has 5 aromatic carbocycles. The third-order valence-electron chi connectivity index (χ3n) is 8.10. The lowest BCUT2D eigenvalue weighted by atomic mass is 10.3. The fourth-order valence-electron chi connectivity index (χ4n) is 6.05. The van der Waals surface area contributed by atoms with Crippen LogP contribution in [0, 0.1) is 0 Å². The van der Waals surface area contributed by atoms with Gasteiger partial charge in [0.05, 0.1) is 5.52 Å². The Morgan fingerprint density at radius 2 is 1.02 bits per heavy atom. The SMILES string of the molecule is c1ccc(-n2c(-c3nc4ccccc4[n]3[Al][O][Si](c3ccccc3)(c3ccccc3)c3ccccc3)nc3cccnc32)cc1. The van der Waals surface area contributed by atoms with Crippen LogP contribution in [0.5, 0.6) is 0 Å². The summed E-state index contributed by atoms with van der Waals surface area (Å²) in [6.07, 6.45) is 1.81. The fourth-order valence-corrected chi connectivity index (χ4v) is 12.3. The van der Waals surface area contributed by atoms with Crippen molar-refractivity contribution in [3.63, 3.8) is 0 Å². The van der Waals surface area contributed by atoms with Crippen molar-refractivity contribution in [1.29, 1.82) is 0 Å². The minimum absolute atomic E-state index is 0.730. The van der Waals surface area contributed by atoms with Crippen LogP contribution in [-0.2, 0) is 3.48 Å². The molecule has 0 spiro atoms. The van der Waals surface area contributed by atoms with Gasteiger partial charge in [0.2, 0.25) is 0 Å². The molecule has 0 N–H and O–H groups in total. The lowest BCUT2D eigenvalue weighted by molar-refractivity contribution is 0.607. The number of rotatable bonds is 8. The Morgan fingerprint density at radius 3 is 1.64 bits per heavy atom. The average molecular weight is 613 g/mol. The smallest absolute Gasteiger partial charge is 0.524 e. The van der Waals surface area contributed by atoms with Gasteiger partial charge in [-0.05, 0) is 52.0 Å². The van der Waals surface area contributed by atoms with Crippen molar-refractivity contribution < 1.29 is 3.48 Å². The van der Waals surface area contributed by atoms with Gasteiger partial charge in [-0.15, -0.1) is 0 Å². The van der Waals surface area contributed by atoms with E-state index in [0.717, 1.165) is 39.5 Å². The van der Waals surface area contributed by atoms with Gasteiger partial charge < -0.3 is 7.03 Å². The zero-order valence-electron chi connectivity index (χ0n) is 24.3. The van der Waals surface area contributed by atoms with Crippen LogP contribution in [0.15, 0.2) is 164 Å². The maximum Gasteiger partial charge on any atom is 0.605 e. The van der Waals surface area contributed by atoms with E-state index in [2.05, 4.69) is 129 Å². The largest absolute Gasteiger partial charge is 0.605 e. The van der Waals surface area contributed by atoms with Crippen molar-refractivity contribution in [2.45, 2.75) is 0 Å². The van der Waals surface area contributed by atoms with Gasteiger partial charge in [0.1, 0.15) is 5.52 Å². The predicted molar refractivity (Wildman–Crippen MR) is 184 cm³/mol. The summed E-state index contributed by atoms with van der Waals surface area (Å²) in [4.78, 5) is 15.0. The van der Waals surface area contributed by atoms with Gasteiger partial charge in [-0.25, -0.2) is 15.0 Å². The summed E-state index contributed by atoms with van der Waals surface area (Å²) < 4.78 is 11.9. The van der Waals surface area contributed by atoms with Crippen LogP contribution in [0.1, 0.15) is 0 Å². The minimum atomic E-state index is -2.95. The lowest BCUT2D eigenvalue weighted by Crippen LogP contribution is -2.70. The van der Waals surface area contributed by atoms with Gasteiger partial charge >= 0.3 is 15.8 Å². The number of pyridine rings is 1. The average Bonchev–Trinajstić information content (AvgIpc) is 3.69. The third-order valence-corrected chi connectivity index (χ3v) is 14.1. The molecular formula is C37H27AlN5OSi. The van der Waals surface area contributed by atoms with Crippen LogP contribution < -0.4 is 15.6 Å². The second-order valence-electron chi connectivity index (χ2n) is 10.7. The standard InChI is InChI=1S/C19H12N5.C18H15OSi.Al/c1-2-7-13(8-3-1)24-18-16(11-6-12-20-18)23-19(24)17-21-14-9-4-5-10-15(14)22-17;19-20(16-10-4-1-5-11-16,17-12-6-2-7-13-17)18-14-8-3-9-15-18;/h1-12H;1-15H;/q2*-1;+2. The minimum Gasteiger partial charge on any atom is -0.524 e. The molecule has 8 rings (SSSR count). The number of nitrogens with zero attached hydrogens (tertiary/aromatic N) is 5. The van der Waals surface area contributed by atoms with Crippen molar-refractivity contribution >= 4 is 61.8 Å². The van der Waals surface area contributed by atoms with E-state index in [1.807, 2.05) is 42.6 Å². The van der Waals surface area contributed by atoms with Gasteiger partial charge in [-0.3, -0.25) is 4.57 Å². The molecule has 0 saturated carbocycles. The lowest BCUT2D eigenvalue weighted by Gasteiger charge is -2.34. The summed E-state index contributed by atoms with van der Waals surface area (Å²) in [5, 5.41) is 3.59. The maximum atomic E-state index is 7.51. The Hall–Kier alpha value is -5.10. The molecule has 3 heterocycles. The summed E-state index contributed by atoms with van der Waals surface area (Å²) in [6, 6.07) is 54.5. The number of benzene rings is 5. The number of para-hydroxylation sites is 3. The summed E-state index contributed by atoms with van der Waals surface area (Å²) in [6.45, 7) is 0. The first-order chi connectivity index (χ1) is 22.3. The number of fused-ring (bicyclic) bond motifs is 2. The van der Waals surface area contributed by atoms with E-state index in [1.54, 1.807) is 0 Å². The zero-order chi connectivity index (χ0) is 30.1. The van der Waals surface area contributed by atoms with Gasteiger partial charge in [-0.2, -0.15) is 0 Å². The fraction of sp³-hybridized carbons (Fsp3) is 0. The summed E-state index contributed by atoms with van der Waals surface area (Å²) in [5.41, 5.74) is 4.49. The van der Waals surface area contributed by atoms with E-state index >= 15 is 0 Å². The Bertz CT molecular complexity index is 2130. The molecule has 3 aromatic heterocycles. The van der Waals surface area contributed by atoms with E-state index in [4.69, 9.17) is 18.4 Å². The molecule has 45 heavy (non-hydrogen) atoms. The highest BCUT2D eigenvalue weighted by atomic mass is 28.4. The summed E-state index contributed by atoms with van der Waals surface area (Å²) in [5.74, 6) is 1.48.